The molecule has 1 saturated heterocycles. The number of nitrogen functional groups attached to an aromatic ring is 1. The van der Waals surface area contributed by atoms with Crippen molar-refractivity contribution in [1.82, 2.24) is 9.80 Å². The highest BCUT2D eigenvalue weighted by atomic mass is 16.2. The van der Waals surface area contributed by atoms with Gasteiger partial charge in [0.2, 0.25) is 0 Å². The molecule has 0 aliphatic carbocycles. The Labute approximate surface area is 127 Å². The predicted octanol–water partition coefficient (Wildman–Crippen LogP) is 1.87. The number of likely N-dealkylation sites (tertiary alicyclic amines) is 1. The number of nitrogens with one attached hydrogen (secondary N) is 1. The Morgan fingerprint density at radius 2 is 2.05 bits per heavy atom. The first-order valence-electron chi connectivity index (χ1n) is 7.65. The number of rotatable bonds is 6. The van der Waals surface area contributed by atoms with E-state index in [-0.39, 0.29) is 5.91 Å². The van der Waals surface area contributed by atoms with Crippen LogP contribution >= 0.6 is 0 Å². The van der Waals surface area contributed by atoms with E-state index in [4.69, 9.17) is 5.73 Å². The first kappa shape index (κ1) is 15.6. The van der Waals surface area contributed by atoms with E-state index in [9.17, 15) is 4.79 Å². The maximum absolute atomic E-state index is 12.2. The van der Waals surface area contributed by atoms with Gasteiger partial charge < -0.3 is 20.9 Å². The van der Waals surface area contributed by atoms with Gasteiger partial charge in [0.1, 0.15) is 0 Å². The number of nitrogens with zero attached hydrogens (tertiary/aromatic N) is 2. The molecule has 0 aromatic heterocycles. The molecule has 0 radical (unpaired) electrons. The van der Waals surface area contributed by atoms with Crippen molar-refractivity contribution < 1.29 is 4.79 Å². The van der Waals surface area contributed by atoms with Gasteiger partial charge in [0.25, 0.3) is 5.91 Å². The van der Waals surface area contributed by atoms with Crippen molar-refractivity contribution in [1.29, 1.82) is 0 Å². The Morgan fingerprint density at radius 3 is 2.71 bits per heavy atom. The number of hydrogen-bond acceptors (Lipinski definition) is 4. The second-order valence-corrected chi connectivity index (χ2v) is 5.83. The first-order valence-corrected chi connectivity index (χ1v) is 7.65. The molecule has 2 rings (SSSR count). The summed E-state index contributed by atoms with van der Waals surface area (Å²) in [6.45, 7) is 4.42. The molecule has 1 fully saturated rings. The molecule has 0 atom stereocenters. The fourth-order valence-corrected chi connectivity index (χ4v) is 2.67. The summed E-state index contributed by atoms with van der Waals surface area (Å²) in [6.07, 6.45) is 3.72. The average Bonchev–Trinajstić information content (AvgIpc) is 2.96. The molecular formula is C16H26N4O. The molecule has 1 aromatic rings. The van der Waals surface area contributed by atoms with Gasteiger partial charge in [-0.1, -0.05) is 0 Å². The lowest BCUT2D eigenvalue weighted by molar-refractivity contribution is 0.0828. The summed E-state index contributed by atoms with van der Waals surface area (Å²) < 4.78 is 0. The van der Waals surface area contributed by atoms with Gasteiger partial charge in [0, 0.05) is 32.0 Å². The van der Waals surface area contributed by atoms with E-state index in [1.165, 1.54) is 25.9 Å². The smallest absolute Gasteiger partial charge is 0.255 e. The highest BCUT2D eigenvalue weighted by Crippen LogP contribution is 2.20. The van der Waals surface area contributed by atoms with E-state index in [0.29, 0.717) is 11.3 Å². The van der Waals surface area contributed by atoms with E-state index < -0.39 is 0 Å². The number of hydrogen-bond donors (Lipinski definition) is 2. The van der Waals surface area contributed by atoms with Gasteiger partial charge in [-0.3, -0.25) is 4.79 Å². The molecule has 0 spiro atoms. The largest absolute Gasteiger partial charge is 0.399 e. The van der Waals surface area contributed by atoms with Crippen LogP contribution in [0.25, 0.3) is 0 Å². The van der Waals surface area contributed by atoms with Gasteiger partial charge in [0.15, 0.2) is 0 Å². The van der Waals surface area contributed by atoms with E-state index in [1.54, 1.807) is 31.1 Å². The van der Waals surface area contributed by atoms with Gasteiger partial charge in [0.05, 0.1) is 5.56 Å². The predicted molar refractivity (Wildman–Crippen MR) is 87.7 cm³/mol. The Balaban J connectivity index is 1.91. The van der Waals surface area contributed by atoms with Gasteiger partial charge >= 0.3 is 0 Å². The normalized spacial score (nSPS) is 15.1. The van der Waals surface area contributed by atoms with Crippen LogP contribution in [-0.4, -0.2) is 56.0 Å². The van der Waals surface area contributed by atoms with Gasteiger partial charge in [-0.2, -0.15) is 0 Å². The third-order valence-corrected chi connectivity index (χ3v) is 3.85. The van der Waals surface area contributed by atoms with Crippen LogP contribution < -0.4 is 11.1 Å². The van der Waals surface area contributed by atoms with Crippen molar-refractivity contribution >= 4 is 17.3 Å². The average molecular weight is 290 g/mol. The molecule has 116 valence electrons. The zero-order valence-electron chi connectivity index (χ0n) is 13.1. The summed E-state index contributed by atoms with van der Waals surface area (Å²) in [5, 5.41) is 3.36. The molecule has 0 bridgehead atoms. The minimum Gasteiger partial charge on any atom is -0.399 e. The summed E-state index contributed by atoms with van der Waals surface area (Å²) >= 11 is 0. The molecule has 1 aliphatic rings. The molecular weight excluding hydrogens is 264 g/mol. The highest BCUT2D eigenvalue weighted by Gasteiger charge is 2.14. The molecule has 1 heterocycles. The summed E-state index contributed by atoms with van der Waals surface area (Å²) in [5.74, 6) is -0.00274. The molecule has 5 nitrogen and oxygen atoms in total. The van der Waals surface area contributed by atoms with E-state index in [1.807, 2.05) is 6.07 Å². The molecule has 3 N–H and O–H groups in total. The van der Waals surface area contributed by atoms with Crippen LogP contribution in [0.5, 0.6) is 0 Å². The maximum atomic E-state index is 12.2. The summed E-state index contributed by atoms with van der Waals surface area (Å²) in [7, 11) is 3.52. The number of anilines is 2. The Kier molecular flexibility index (Phi) is 5.44. The number of nitrogens with two attached hydrogens (primary N) is 1. The van der Waals surface area contributed by atoms with Crippen LogP contribution in [-0.2, 0) is 0 Å². The Bertz CT molecular complexity index is 481. The lowest BCUT2D eigenvalue weighted by atomic mass is 10.1. The Morgan fingerprint density at radius 1 is 1.33 bits per heavy atom. The van der Waals surface area contributed by atoms with Crippen molar-refractivity contribution in [2.24, 2.45) is 0 Å². The lowest BCUT2D eigenvalue weighted by Crippen LogP contribution is -2.24. The zero-order chi connectivity index (χ0) is 15.2. The van der Waals surface area contributed by atoms with Crippen LogP contribution in [0, 0.1) is 0 Å². The van der Waals surface area contributed by atoms with E-state index >= 15 is 0 Å². The number of carbonyl (C=O) groups is 1. The van der Waals surface area contributed by atoms with Crippen LogP contribution in [0.15, 0.2) is 18.2 Å². The van der Waals surface area contributed by atoms with E-state index in [0.717, 1.165) is 25.2 Å². The first-order chi connectivity index (χ1) is 10.1. The van der Waals surface area contributed by atoms with Crippen LogP contribution in [0.4, 0.5) is 11.4 Å². The number of amides is 1. The lowest BCUT2D eigenvalue weighted by Gasteiger charge is -2.17. The van der Waals surface area contributed by atoms with E-state index in [2.05, 4.69) is 10.2 Å². The standard InChI is InChI=1S/C16H26N4O/c1-19(2)16(21)14-7-6-13(17)12-15(14)18-8-5-11-20-9-3-4-10-20/h6-7,12,18H,3-5,8-11,17H2,1-2H3. The van der Waals surface area contributed by atoms with Gasteiger partial charge in [-0.05, 0) is 57.1 Å². The number of carbonyl (C=O) groups excluding carboxylic acids is 1. The fourth-order valence-electron chi connectivity index (χ4n) is 2.67. The highest BCUT2D eigenvalue weighted by molar-refractivity contribution is 5.99. The third kappa shape index (κ3) is 4.36. The van der Waals surface area contributed by atoms with Crippen molar-refractivity contribution in [2.45, 2.75) is 19.3 Å². The summed E-state index contributed by atoms with van der Waals surface area (Å²) in [6, 6.07) is 5.40. The van der Waals surface area contributed by atoms with Crippen molar-refractivity contribution in [3.05, 3.63) is 23.8 Å². The summed E-state index contributed by atoms with van der Waals surface area (Å²) in [5.41, 5.74) is 8.01. The topological polar surface area (TPSA) is 61.6 Å². The van der Waals surface area contributed by atoms with Crippen molar-refractivity contribution in [3.8, 4) is 0 Å². The van der Waals surface area contributed by atoms with Crippen LogP contribution in [0.3, 0.4) is 0 Å². The molecule has 1 aromatic carbocycles. The minimum absolute atomic E-state index is 0.00274. The molecule has 1 amide bonds. The summed E-state index contributed by atoms with van der Waals surface area (Å²) in [4.78, 5) is 16.2. The molecule has 5 heteroatoms. The van der Waals surface area contributed by atoms with Gasteiger partial charge in [-0.15, -0.1) is 0 Å². The fraction of sp³-hybridized carbons (Fsp3) is 0.562. The van der Waals surface area contributed by atoms with Crippen molar-refractivity contribution in [2.75, 3.05) is 51.3 Å². The molecule has 0 saturated carbocycles. The molecule has 1 aliphatic heterocycles. The third-order valence-electron chi connectivity index (χ3n) is 3.85. The van der Waals surface area contributed by atoms with Crippen LogP contribution in [0.1, 0.15) is 29.6 Å². The molecule has 21 heavy (non-hydrogen) atoms. The van der Waals surface area contributed by atoms with Gasteiger partial charge in [-0.25, -0.2) is 0 Å². The SMILES string of the molecule is CN(C)C(=O)c1ccc(N)cc1NCCCN1CCCC1. The van der Waals surface area contributed by atoms with Crippen LogP contribution in [0.2, 0.25) is 0 Å². The maximum Gasteiger partial charge on any atom is 0.255 e. The quantitative estimate of drug-likeness (QED) is 0.620. The monoisotopic (exact) mass is 290 g/mol. The second kappa shape index (κ2) is 7.31. The number of benzene rings is 1. The minimum atomic E-state index is -0.00274. The second-order valence-electron chi connectivity index (χ2n) is 5.83. The Hall–Kier alpha value is -1.75. The molecule has 0 unspecified atom stereocenters. The van der Waals surface area contributed by atoms with Crippen molar-refractivity contribution in [3.63, 3.8) is 0 Å². The zero-order valence-corrected chi connectivity index (χ0v) is 13.1.